The molecule has 4 rings (SSSR count). The van der Waals surface area contributed by atoms with Crippen molar-refractivity contribution in [3.05, 3.63) is 0 Å². The summed E-state index contributed by atoms with van der Waals surface area (Å²) in [6.45, 7) is 11.0. The molecule has 0 aromatic carbocycles. The van der Waals surface area contributed by atoms with Crippen LogP contribution in [0, 0.1) is 40.4 Å². The van der Waals surface area contributed by atoms with Gasteiger partial charge in [-0.05, 0) is 132 Å². The standard InChI is InChI=1S/C27H46O3/c1-25(2,3)30-24(29)8-6-7-18-10-12-22-21-11-9-19-17-20(28)13-15-27(19,5)23(21)14-16-26(18,22)4/h18-23,28H,6-17H2,1-5H3/t18?,19?,20?,21?,22-,23-,26+,27-/m0/s1. The van der Waals surface area contributed by atoms with Gasteiger partial charge in [0.25, 0.3) is 0 Å². The molecule has 0 aliphatic heterocycles. The Hall–Kier alpha value is -0.570. The van der Waals surface area contributed by atoms with Crippen LogP contribution in [0.3, 0.4) is 0 Å². The summed E-state index contributed by atoms with van der Waals surface area (Å²) in [6.07, 6.45) is 14.3. The van der Waals surface area contributed by atoms with E-state index in [0.29, 0.717) is 17.3 Å². The molecule has 4 aliphatic carbocycles. The first-order valence-corrected chi connectivity index (χ1v) is 12.9. The lowest BCUT2D eigenvalue weighted by Crippen LogP contribution is -2.53. The van der Waals surface area contributed by atoms with E-state index >= 15 is 0 Å². The first-order chi connectivity index (χ1) is 14.0. The molecule has 3 nitrogen and oxygen atoms in total. The van der Waals surface area contributed by atoms with Crippen molar-refractivity contribution >= 4 is 5.97 Å². The highest BCUT2D eigenvalue weighted by molar-refractivity contribution is 5.69. The fourth-order valence-corrected chi connectivity index (χ4v) is 8.70. The smallest absolute Gasteiger partial charge is 0.306 e. The molecule has 8 atom stereocenters. The third-order valence-electron chi connectivity index (χ3n) is 10.2. The molecule has 4 saturated carbocycles. The van der Waals surface area contributed by atoms with Gasteiger partial charge in [-0.15, -0.1) is 0 Å². The Morgan fingerprint density at radius 1 is 0.967 bits per heavy atom. The summed E-state index contributed by atoms with van der Waals surface area (Å²) in [5, 5.41) is 10.2. The molecule has 172 valence electrons. The van der Waals surface area contributed by atoms with E-state index in [9.17, 15) is 9.90 Å². The number of carbonyl (C=O) groups excluding carboxylic acids is 1. The SMILES string of the molecule is CC(C)(C)OC(=O)CCCC1CC[C@H]2C3CCC4CC(O)CC[C@]4(C)[C@H]3CC[C@]12C. The van der Waals surface area contributed by atoms with Gasteiger partial charge in [-0.25, -0.2) is 0 Å². The first-order valence-electron chi connectivity index (χ1n) is 12.9. The second-order valence-corrected chi connectivity index (χ2v) is 12.9. The van der Waals surface area contributed by atoms with Crippen LogP contribution in [0.1, 0.15) is 112 Å². The summed E-state index contributed by atoms with van der Waals surface area (Å²) in [4.78, 5) is 12.1. The number of fused-ring (bicyclic) bond motifs is 5. The average Bonchev–Trinajstić information content (AvgIpc) is 2.97. The zero-order valence-corrected chi connectivity index (χ0v) is 20.2. The number of aliphatic hydroxyl groups excluding tert-OH is 1. The van der Waals surface area contributed by atoms with Crippen molar-refractivity contribution < 1.29 is 14.6 Å². The van der Waals surface area contributed by atoms with Crippen LogP contribution in [0.15, 0.2) is 0 Å². The van der Waals surface area contributed by atoms with Crippen molar-refractivity contribution in [2.45, 2.75) is 123 Å². The molecule has 1 N–H and O–H groups in total. The minimum Gasteiger partial charge on any atom is -0.460 e. The number of rotatable bonds is 4. The molecule has 0 spiro atoms. The zero-order chi connectivity index (χ0) is 21.7. The Kier molecular flexibility index (Phi) is 6.10. The molecule has 0 aromatic rings. The maximum atomic E-state index is 12.1. The molecule has 0 radical (unpaired) electrons. The van der Waals surface area contributed by atoms with Crippen LogP contribution in [0.2, 0.25) is 0 Å². The predicted octanol–water partition coefficient (Wildman–Crippen LogP) is 6.52. The molecular formula is C27H46O3. The topological polar surface area (TPSA) is 46.5 Å². The Balaban J connectivity index is 1.37. The number of carbonyl (C=O) groups is 1. The summed E-state index contributed by atoms with van der Waals surface area (Å²) in [5.74, 6) is 4.16. The van der Waals surface area contributed by atoms with Crippen LogP contribution in [0.5, 0.6) is 0 Å². The first kappa shape index (κ1) is 22.6. The highest BCUT2D eigenvalue weighted by Gasteiger charge is 2.59. The van der Waals surface area contributed by atoms with Crippen LogP contribution < -0.4 is 0 Å². The average molecular weight is 419 g/mol. The van der Waals surface area contributed by atoms with Gasteiger partial charge >= 0.3 is 5.97 Å². The molecule has 0 bridgehead atoms. The van der Waals surface area contributed by atoms with Crippen LogP contribution in [0.4, 0.5) is 0 Å². The minimum absolute atomic E-state index is 0.0309. The second kappa shape index (κ2) is 8.09. The maximum Gasteiger partial charge on any atom is 0.306 e. The van der Waals surface area contributed by atoms with Crippen molar-refractivity contribution in [3.8, 4) is 0 Å². The van der Waals surface area contributed by atoms with Crippen molar-refractivity contribution in [2.75, 3.05) is 0 Å². The zero-order valence-electron chi connectivity index (χ0n) is 20.2. The molecule has 0 saturated heterocycles. The monoisotopic (exact) mass is 418 g/mol. The Morgan fingerprint density at radius 2 is 1.67 bits per heavy atom. The van der Waals surface area contributed by atoms with Gasteiger partial charge < -0.3 is 9.84 Å². The molecule has 4 aliphatic rings. The van der Waals surface area contributed by atoms with Gasteiger partial charge in [0.2, 0.25) is 0 Å². The third kappa shape index (κ3) is 4.09. The molecule has 4 unspecified atom stereocenters. The lowest BCUT2D eigenvalue weighted by Gasteiger charge is -2.61. The summed E-state index contributed by atoms with van der Waals surface area (Å²) in [7, 11) is 0. The molecule has 3 heteroatoms. The van der Waals surface area contributed by atoms with Gasteiger partial charge in [-0.3, -0.25) is 4.79 Å². The minimum atomic E-state index is -0.371. The van der Waals surface area contributed by atoms with Gasteiger partial charge in [-0.1, -0.05) is 13.8 Å². The fraction of sp³-hybridized carbons (Fsp3) is 0.963. The largest absolute Gasteiger partial charge is 0.460 e. The van der Waals surface area contributed by atoms with Gasteiger partial charge in [0.15, 0.2) is 0 Å². The van der Waals surface area contributed by atoms with Crippen molar-refractivity contribution in [2.24, 2.45) is 40.4 Å². The molecule has 30 heavy (non-hydrogen) atoms. The second-order valence-electron chi connectivity index (χ2n) is 12.9. The number of aliphatic hydroxyl groups is 1. The number of esters is 1. The summed E-state index contributed by atoms with van der Waals surface area (Å²) < 4.78 is 5.52. The summed E-state index contributed by atoms with van der Waals surface area (Å²) >= 11 is 0. The Bertz CT molecular complexity index is 637. The van der Waals surface area contributed by atoms with E-state index in [1.807, 2.05) is 20.8 Å². The van der Waals surface area contributed by atoms with E-state index in [1.165, 1.54) is 51.4 Å². The number of hydrogen-bond acceptors (Lipinski definition) is 3. The number of ether oxygens (including phenoxy) is 1. The van der Waals surface area contributed by atoms with Crippen molar-refractivity contribution in [3.63, 3.8) is 0 Å². The van der Waals surface area contributed by atoms with Gasteiger partial charge in [0.1, 0.15) is 5.60 Å². The highest BCUT2D eigenvalue weighted by Crippen LogP contribution is 2.67. The molecule has 4 fully saturated rings. The van der Waals surface area contributed by atoms with Crippen molar-refractivity contribution in [1.29, 1.82) is 0 Å². The Morgan fingerprint density at radius 3 is 2.40 bits per heavy atom. The molecule has 0 heterocycles. The fourth-order valence-electron chi connectivity index (χ4n) is 8.70. The van der Waals surface area contributed by atoms with E-state index < -0.39 is 0 Å². The normalized spacial score (nSPS) is 45.9. The predicted molar refractivity (Wildman–Crippen MR) is 121 cm³/mol. The van der Waals surface area contributed by atoms with E-state index in [1.54, 1.807) is 0 Å². The Labute approximate surface area is 184 Å². The lowest BCUT2D eigenvalue weighted by molar-refractivity contribution is -0.155. The maximum absolute atomic E-state index is 12.1. The summed E-state index contributed by atoms with van der Waals surface area (Å²) in [5.41, 5.74) is 0.578. The van der Waals surface area contributed by atoms with Gasteiger partial charge in [0, 0.05) is 6.42 Å². The lowest BCUT2D eigenvalue weighted by atomic mass is 9.44. The van der Waals surface area contributed by atoms with Gasteiger partial charge in [-0.2, -0.15) is 0 Å². The molecular weight excluding hydrogens is 372 g/mol. The van der Waals surface area contributed by atoms with Crippen LogP contribution >= 0.6 is 0 Å². The highest BCUT2D eigenvalue weighted by atomic mass is 16.6. The van der Waals surface area contributed by atoms with E-state index in [2.05, 4.69) is 13.8 Å². The van der Waals surface area contributed by atoms with E-state index in [0.717, 1.165) is 48.9 Å². The summed E-state index contributed by atoms with van der Waals surface area (Å²) in [6, 6.07) is 0. The van der Waals surface area contributed by atoms with E-state index in [-0.39, 0.29) is 17.7 Å². The quantitative estimate of drug-likeness (QED) is 0.529. The number of hydrogen-bond donors (Lipinski definition) is 1. The van der Waals surface area contributed by atoms with Crippen LogP contribution in [-0.4, -0.2) is 22.8 Å². The van der Waals surface area contributed by atoms with Crippen LogP contribution in [0.25, 0.3) is 0 Å². The molecule has 0 amide bonds. The van der Waals surface area contributed by atoms with Gasteiger partial charge in [0.05, 0.1) is 6.10 Å². The van der Waals surface area contributed by atoms with Crippen molar-refractivity contribution in [1.82, 2.24) is 0 Å². The van der Waals surface area contributed by atoms with E-state index in [4.69, 9.17) is 4.74 Å². The van der Waals surface area contributed by atoms with Crippen LogP contribution in [-0.2, 0) is 9.53 Å². The molecule has 0 aromatic heterocycles. The third-order valence-corrected chi connectivity index (χ3v) is 10.2.